The molecule has 0 unspecified atom stereocenters. The van der Waals surface area contributed by atoms with E-state index in [4.69, 9.17) is 16.6 Å². The van der Waals surface area contributed by atoms with Gasteiger partial charge in [0, 0.05) is 35.1 Å². The lowest BCUT2D eigenvalue weighted by Gasteiger charge is -2.23. The smallest absolute Gasteiger partial charge is 0.318 e. The molecular weight excluding hydrogens is 462 g/mol. The zero-order valence-electron chi connectivity index (χ0n) is 20.6. The molecule has 0 radical (unpaired) electrons. The molecule has 0 saturated heterocycles. The van der Waals surface area contributed by atoms with Crippen molar-refractivity contribution in [3.05, 3.63) is 64.8 Å². The summed E-state index contributed by atoms with van der Waals surface area (Å²) in [6.07, 6.45) is 4.08. The molecule has 4 rings (SSSR count). The summed E-state index contributed by atoms with van der Waals surface area (Å²) in [6, 6.07) is 13.3. The predicted octanol–water partition coefficient (Wildman–Crippen LogP) is 5.58. The summed E-state index contributed by atoms with van der Waals surface area (Å²) in [4.78, 5) is 32.1. The number of carbonyl (C=O) groups is 2. The second-order valence-corrected chi connectivity index (χ2v) is 10.0. The Balaban J connectivity index is 1.61. The Morgan fingerprint density at radius 2 is 1.83 bits per heavy atom. The topological polar surface area (TPSA) is 79.3 Å². The van der Waals surface area contributed by atoms with Crippen molar-refractivity contribution >= 4 is 29.5 Å². The van der Waals surface area contributed by atoms with Crippen LogP contribution in [-0.4, -0.2) is 45.5 Å². The van der Waals surface area contributed by atoms with Crippen molar-refractivity contribution in [3.8, 4) is 16.9 Å². The quantitative estimate of drug-likeness (QED) is 0.430. The standard InChI is InChI=1S/C27H32ClN5O2/c1-17(2)29-27(35)32(14-20-6-7-20)16-25(34)31-26-30-24(21-8-10-22(28)11-9-21)15-33(26)23-12-5-18(3)19(4)13-23/h5,8-13,15,17,20H,6-7,14,16H2,1-4H3,(H,29,35)(H,30,31,34). The van der Waals surface area contributed by atoms with Crippen molar-refractivity contribution in [2.24, 2.45) is 5.92 Å². The summed E-state index contributed by atoms with van der Waals surface area (Å²) in [7, 11) is 0. The lowest BCUT2D eigenvalue weighted by Crippen LogP contribution is -2.47. The van der Waals surface area contributed by atoms with E-state index < -0.39 is 0 Å². The van der Waals surface area contributed by atoms with Crippen LogP contribution < -0.4 is 10.6 Å². The molecular formula is C27H32ClN5O2. The van der Waals surface area contributed by atoms with Gasteiger partial charge in [0.15, 0.2) is 0 Å². The largest absolute Gasteiger partial charge is 0.336 e. The molecule has 3 amide bonds. The van der Waals surface area contributed by atoms with Crippen LogP contribution in [0.2, 0.25) is 5.02 Å². The number of imidazole rings is 1. The minimum atomic E-state index is -0.289. The molecule has 1 saturated carbocycles. The first-order chi connectivity index (χ1) is 16.7. The summed E-state index contributed by atoms with van der Waals surface area (Å²) < 4.78 is 1.87. The lowest BCUT2D eigenvalue weighted by atomic mass is 10.1. The highest BCUT2D eigenvalue weighted by Gasteiger charge is 2.28. The molecule has 2 aromatic carbocycles. The third-order valence-electron chi connectivity index (χ3n) is 6.08. The Morgan fingerprint density at radius 3 is 2.46 bits per heavy atom. The molecule has 7 nitrogen and oxygen atoms in total. The fraction of sp³-hybridized carbons (Fsp3) is 0.370. The van der Waals surface area contributed by atoms with Crippen LogP contribution in [0.25, 0.3) is 16.9 Å². The highest BCUT2D eigenvalue weighted by atomic mass is 35.5. The van der Waals surface area contributed by atoms with Crippen LogP contribution in [0.15, 0.2) is 48.7 Å². The van der Waals surface area contributed by atoms with Gasteiger partial charge in [0.25, 0.3) is 0 Å². The average Bonchev–Trinajstić information content (AvgIpc) is 3.53. The Labute approximate surface area is 211 Å². The highest BCUT2D eigenvalue weighted by Crippen LogP contribution is 2.30. The van der Waals surface area contributed by atoms with Crippen molar-refractivity contribution in [2.45, 2.75) is 46.6 Å². The number of aryl methyl sites for hydroxylation is 2. The van der Waals surface area contributed by atoms with Gasteiger partial charge in [-0.05, 0) is 81.8 Å². The first kappa shape index (κ1) is 24.8. The number of amides is 3. The van der Waals surface area contributed by atoms with Gasteiger partial charge in [0.2, 0.25) is 11.9 Å². The van der Waals surface area contributed by atoms with Crippen LogP contribution >= 0.6 is 11.6 Å². The molecule has 1 aliphatic rings. The van der Waals surface area contributed by atoms with Crippen LogP contribution in [-0.2, 0) is 4.79 Å². The minimum absolute atomic E-state index is 0.00197. The zero-order valence-corrected chi connectivity index (χ0v) is 21.4. The fourth-order valence-electron chi connectivity index (χ4n) is 3.81. The Hall–Kier alpha value is -3.32. The summed E-state index contributed by atoms with van der Waals surface area (Å²) in [5, 5.41) is 6.49. The first-order valence-electron chi connectivity index (χ1n) is 12.0. The molecule has 2 N–H and O–H groups in total. The van der Waals surface area contributed by atoms with E-state index in [0.717, 1.165) is 29.7 Å². The Morgan fingerprint density at radius 1 is 1.11 bits per heavy atom. The van der Waals surface area contributed by atoms with E-state index in [9.17, 15) is 9.59 Å². The maximum Gasteiger partial charge on any atom is 0.318 e. The molecule has 0 aliphatic heterocycles. The van der Waals surface area contributed by atoms with Crippen molar-refractivity contribution in [1.29, 1.82) is 0 Å². The van der Waals surface area contributed by atoms with Crippen LogP contribution in [0.5, 0.6) is 0 Å². The zero-order chi connectivity index (χ0) is 25.1. The van der Waals surface area contributed by atoms with E-state index in [-0.39, 0.29) is 24.5 Å². The molecule has 0 bridgehead atoms. The predicted molar refractivity (Wildman–Crippen MR) is 140 cm³/mol. The molecule has 1 aromatic heterocycles. The number of hydrogen-bond donors (Lipinski definition) is 2. The number of rotatable bonds is 8. The van der Waals surface area contributed by atoms with Gasteiger partial charge in [0.05, 0.1) is 5.69 Å². The third-order valence-corrected chi connectivity index (χ3v) is 6.33. The Kier molecular flexibility index (Phi) is 7.45. The van der Waals surface area contributed by atoms with Gasteiger partial charge in [-0.3, -0.25) is 14.7 Å². The molecule has 184 valence electrons. The molecule has 1 fully saturated rings. The minimum Gasteiger partial charge on any atom is -0.336 e. The van der Waals surface area contributed by atoms with Gasteiger partial charge in [-0.15, -0.1) is 0 Å². The second-order valence-electron chi connectivity index (χ2n) is 9.57. The lowest BCUT2D eigenvalue weighted by molar-refractivity contribution is -0.116. The number of nitrogens with one attached hydrogen (secondary N) is 2. The SMILES string of the molecule is Cc1ccc(-n2cc(-c3ccc(Cl)cc3)nc2NC(=O)CN(CC2CC2)C(=O)NC(C)C)cc1C. The summed E-state index contributed by atoms with van der Waals surface area (Å²) in [5.74, 6) is 0.580. The van der Waals surface area contributed by atoms with E-state index in [2.05, 4.69) is 30.5 Å². The number of nitrogens with zero attached hydrogens (tertiary/aromatic N) is 3. The number of hydrogen-bond acceptors (Lipinski definition) is 3. The molecule has 0 spiro atoms. The van der Waals surface area contributed by atoms with E-state index in [1.807, 2.05) is 61.0 Å². The highest BCUT2D eigenvalue weighted by molar-refractivity contribution is 6.30. The number of carbonyl (C=O) groups excluding carboxylic acids is 2. The number of aromatic nitrogens is 2. The van der Waals surface area contributed by atoms with Gasteiger partial charge < -0.3 is 10.2 Å². The molecule has 0 atom stereocenters. The third kappa shape index (κ3) is 6.42. The van der Waals surface area contributed by atoms with Gasteiger partial charge in [0.1, 0.15) is 6.54 Å². The normalized spacial score (nSPS) is 13.1. The van der Waals surface area contributed by atoms with Crippen LogP contribution in [0.4, 0.5) is 10.7 Å². The van der Waals surface area contributed by atoms with E-state index in [1.54, 1.807) is 4.90 Å². The fourth-order valence-corrected chi connectivity index (χ4v) is 3.93. The maximum absolute atomic E-state index is 13.1. The van der Waals surface area contributed by atoms with Crippen molar-refractivity contribution in [3.63, 3.8) is 0 Å². The number of halogens is 1. The molecule has 35 heavy (non-hydrogen) atoms. The van der Waals surface area contributed by atoms with Crippen LogP contribution in [0.1, 0.15) is 37.8 Å². The molecule has 3 aromatic rings. The molecule has 1 heterocycles. The monoisotopic (exact) mass is 493 g/mol. The van der Waals surface area contributed by atoms with Crippen molar-refractivity contribution < 1.29 is 9.59 Å². The summed E-state index contributed by atoms with van der Waals surface area (Å²) in [5.41, 5.74) is 4.82. The Bertz CT molecular complexity index is 1210. The number of benzene rings is 2. The first-order valence-corrected chi connectivity index (χ1v) is 12.4. The van der Waals surface area contributed by atoms with Gasteiger partial charge >= 0.3 is 6.03 Å². The average molecular weight is 494 g/mol. The number of urea groups is 1. The van der Waals surface area contributed by atoms with Gasteiger partial charge in [-0.25, -0.2) is 9.78 Å². The maximum atomic E-state index is 13.1. The molecule has 8 heteroatoms. The van der Waals surface area contributed by atoms with E-state index in [1.165, 1.54) is 5.56 Å². The summed E-state index contributed by atoms with van der Waals surface area (Å²) >= 11 is 6.06. The number of anilines is 1. The van der Waals surface area contributed by atoms with Crippen LogP contribution in [0, 0.1) is 19.8 Å². The van der Waals surface area contributed by atoms with E-state index >= 15 is 0 Å². The second kappa shape index (κ2) is 10.5. The molecule has 1 aliphatic carbocycles. The van der Waals surface area contributed by atoms with Gasteiger partial charge in [-0.2, -0.15) is 0 Å². The summed E-state index contributed by atoms with van der Waals surface area (Å²) in [6.45, 7) is 8.47. The van der Waals surface area contributed by atoms with Gasteiger partial charge in [-0.1, -0.05) is 29.8 Å². The van der Waals surface area contributed by atoms with Crippen molar-refractivity contribution in [2.75, 3.05) is 18.4 Å². The van der Waals surface area contributed by atoms with E-state index in [0.29, 0.717) is 29.1 Å². The van der Waals surface area contributed by atoms with Crippen LogP contribution in [0.3, 0.4) is 0 Å². The van der Waals surface area contributed by atoms with Crippen molar-refractivity contribution in [1.82, 2.24) is 19.8 Å².